The zero-order chi connectivity index (χ0) is 19.1. The Morgan fingerprint density at radius 2 is 1.82 bits per heavy atom. The molecule has 0 unspecified atom stereocenters. The van der Waals surface area contributed by atoms with Gasteiger partial charge in [0, 0.05) is 17.3 Å². The quantitative estimate of drug-likeness (QED) is 0.484. The molecule has 5 rings (SSSR count). The summed E-state index contributed by atoms with van der Waals surface area (Å²) in [6.07, 6.45) is 5.08. The van der Waals surface area contributed by atoms with Gasteiger partial charge < -0.3 is 0 Å². The average Bonchev–Trinajstić information content (AvgIpc) is 3.16. The molecular weight excluding hydrogens is 355 g/mol. The normalized spacial score (nSPS) is 11.3. The van der Waals surface area contributed by atoms with Gasteiger partial charge in [-0.1, -0.05) is 30.3 Å². The van der Waals surface area contributed by atoms with Crippen LogP contribution < -0.4 is 5.56 Å². The Morgan fingerprint density at radius 3 is 2.71 bits per heavy atom. The average molecular weight is 370 g/mol. The van der Waals surface area contributed by atoms with E-state index >= 15 is 0 Å². The van der Waals surface area contributed by atoms with Crippen molar-refractivity contribution in [3.63, 3.8) is 0 Å². The van der Waals surface area contributed by atoms with Crippen LogP contribution in [0.4, 0.5) is 4.39 Å². The molecule has 2 aromatic carbocycles. The zero-order valence-electron chi connectivity index (χ0n) is 14.8. The molecule has 0 radical (unpaired) electrons. The lowest BCUT2D eigenvalue weighted by Gasteiger charge is -2.09. The molecule has 3 aromatic heterocycles. The predicted octanol–water partition coefficient (Wildman–Crippen LogP) is 3.90. The van der Waals surface area contributed by atoms with Gasteiger partial charge in [-0.3, -0.25) is 13.8 Å². The van der Waals surface area contributed by atoms with E-state index in [9.17, 15) is 9.18 Å². The highest BCUT2D eigenvalue weighted by Crippen LogP contribution is 2.23. The van der Waals surface area contributed by atoms with E-state index in [0.29, 0.717) is 16.5 Å². The van der Waals surface area contributed by atoms with Crippen LogP contribution in [-0.4, -0.2) is 18.9 Å². The molecule has 0 amide bonds. The zero-order valence-corrected chi connectivity index (χ0v) is 14.8. The molecule has 5 aromatic rings. The Hall–Kier alpha value is -3.80. The maximum absolute atomic E-state index is 14.8. The number of para-hydroxylation sites is 1. The number of nitrogens with zero attached hydrogens (tertiary/aromatic N) is 4. The fourth-order valence-electron chi connectivity index (χ4n) is 3.38. The van der Waals surface area contributed by atoms with Gasteiger partial charge in [0.1, 0.15) is 11.5 Å². The maximum Gasteiger partial charge on any atom is 0.261 e. The number of rotatable bonds is 3. The molecule has 0 N–H and O–H groups in total. The monoisotopic (exact) mass is 370 g/mol. The van der Waals surface area contributed by atoms with E-state index < -0.39 is 0 Å². The minimum absolute atomic E-state index is 0.121. The first kappa shape index (κ1) is 16.4. The first-order valence-corrected chi connectivity index (χ1v) is 8.86. The molecule has 5 nitrogen and oxygen atoms in total. The van der Waals surface area contributed by atoms with E-state index in [4.69, 9.17) is 0 Å². The summed E-state index contributed by atoms with van der Waals surface area (Å²) in [5.41, 5.74) is 3.21. The Labute approximate surface area is 159 Å². The lowest BCUT2D eigenvalue weighted by atomic mass is 10.1. The summed E-state index contributed by atoms with van der Waals surface area (Å²) < 4.78 is 18.1. The van der Waals surface area contributed by atoms with Crippen molar-refractivity contribution >= 4 is 16.6 Å². The smallest absolute Gasteiger partial charge is 0.261 e. The summed E-state index contributed by atoms with van der Waals surface area (Å²) in [6.45, 7) is 0.121. The highest BCUT2D eigenvalue weighted by atomic mass is 19.1. The van der Waals surface area contributed by atoms with E-state index in [2.05, 4.69) is 9.97 Å². The molecule has 0 saturated heterocycles. The highest BCUT2D eigenvalue weighted by molar-refractivity contribution is 5.76. The number of imidazole rings is 1. The van der Waals surface area contributed by atoms with Gasteiger partial charge in [-0.15, -0.1) is 0 Å². The lowest BCUT2D eigenvalue weighted by Crippen LogP contribution is -2.21. The second-order valence-electron chi connectivity index (χ2n) is 6.57. The van der Waals surface area contributed by atoms with Gasteiger partial charge in [0.05, 0.1) is 35.7 Å². The third kappa shape index (κ3) is 2.66. The molecule has 0 saturated carbocycles. The third-order valence-electron chi connectivity index (χ3n) is 4.84. The van der Waals surface area contributed by atoms with Gasteiger partial charge in [0.25, 0.3) is 5.56 Å². The summed E-state index contributed by atoms with van der Waals surface area (Å²) in [5.74, 6) is -0.372. The molecule has 0 aliphatic carbocycles. The van der Waals surface area contributed by atoms with Gasteiger partial charge in [-0.05, 0) is 30.3 Å². The van der Waals surface area contributed by atoms with Crippen LogP contribution in [0.2, 0.25) is 0 Å². The molecule has 0 atom stereocenters. The topological polar surface area (TPSA) is 52.2 Å². The molecule has 0 bridgehead atoms. The number of fused-ring (bicyclic) bond motifs is 2. The Kier molecular flexibility index (Phi) is 3.76. The predicted molar refractivity (Wildman–Crippen MR) is 106 cm³/mol. The van der Waals surface area contributed by atoms with Crippen molar-refractivity contribution < 1.29 is 4.39 Å². The summed E-state index contributed by atoms with van der Waals surface area (Å²) in [5, 5.41) is 0.521. The van der Waals surface area contributed by atoms with Crippen molar-refractivity contribution in [2.24, 2.45) is 0 Å². The van der Waals surface area contributed by atoms with Gasteiger partial charge in [0.2, 0.25) is 0 Å². The molecule has 0 aliphatic heterocycles. The highest BCUT2D eigenvalue weighted by Gasteiger charge is 2.11. The fourth-order valence-corrected chi connectivity index (χ4v) is 3.38. The molecule has 28 heavy (non-hydrogen) atoms. The van der Waals surface area contributed by atoms with Gasteiger partial charge in [-0.2, -0.15) is 0 Å². The first-order valence-electron chi connectivity index (χ1n) is 8.86. The van der Waals surface area contributed by atoms with Crippen LogP contribution in [0.25, 0.3) is 27.8 Å². The molecule has 0 aliphatic rings. The summed E-state index contributed by atoms with van der Waals surface area (Å²) in [6, 6.07) is 17.9. The van der Waals surface area contributed by atoms with E-state index in [1.54, 1.807) is 30.5 Å². The summed E-state index contributed by atoms with van der Waals surface area (Å²) in [7, 11) is 0. The van der Waals surface area contributed by atoms with E-state index in [1.165, 1.54) is 17.0 Å². The molecular formula is C22H15FN4O. The van der Waals surface area contributed by atoms with Crippen molar-refractivity contribution in [2.45, 2.75) is 6.54 Å². The van der Waals surface area contributed by atoms with Crippen LogP contribution in [0.1, 0.15) is 5.56 Å². The molecule has 0 spiro atoms. The molecule has 0 fully saturated rings. The SMILES string of the molecule is O=c1c2ccccc2ncn1Cc1ccc(-c2cnc3ccccn23)cc1F. The molecule has 6 heteroatoms. The number of halogens is 1. The van der Waals surface area contributed by atoms with Crippen LogP contribution in [0, 0.1) is 5.82 Å². The minimum atomic E-state index is -0.372. The minimum Gasteiger partial charge on any atom is -0.300 e. The Balaban J connectivity index is 1.52. The Morgan fingerprint density at radius 1 is 0.964 bits per heavy atom. The first-order chi connectivity index (χ1) is 13.7. The van der Waals surface area contributed by atoms with Gasteiger partial charge in [-0.25, -0.2) is 14.4 Å². The van der Waals surface area contributed by atoms with Crippen LogP contribution >= 0.6 is 0 Å². The van der Waals surface area contributed by atoms with Gasteiger partial charge in [0.15, 0.2) is 0 Å². The van der Waals surface area contributed by atoms with Crippen molar-refractivity contribution in [3.8, 4) is 11.3 Å². The number of hydrogen-bond donors (Lipinski definition) is 0. The number of pyridine rings is 1. The summed E-state index contributed by atoms with van der Waals surface area (Å²) in [4.78, 5) is 21.3. The standard InChI is InChI=1S/C22H15FN4O/c23-18-11-15(20-12-24-21-7-3-4-10-27(20)21)8-9-16(18)13-26-14-25-19-6-2-1-5-17(19)22(26)28/h1-12,14H,13H2. The second kappa shape index (κ2) is 6.42. The molecule has 3 heterocycles. The third-order valence-corrected chi connectivity index (χ3v) is 4.84. The Bertz CT molecular complexity index is 1390. The van der Waals surface area contributed by atoms with Crippen LogP contribution in [0.3, 0.4) is 0 Å². The van der Waals surface area contributed by atoms with Crippen molar-refractivity contribution in [1.29, 1.82) is 0 Å². The number of benzene rings is 2. The van der Waals surface area contributed by atoms with Crippen molar-refractivity contribution in [1.82, 2.24) is 18.9 Å². The number of hydrogen-bond acceptors (Lipinski definition) is 3. The maximum atomic E-state index is 14.8. The lowest BCUT2D eigenvalue weighted by molar-refractivity contribution is 0.595. The second-order valence-corrected chi connectivity index (χ2v) is 6.57. The van der Waals surface area contributed by atoms with Crippen LogP contribution in [0.15, 0.2) is 84.2 Å². The largest absolute Gasteiger partial charge is 0.300 e. The van der Waals surface area contributed by atoms with Crippen LogP contribution in [0.5, 0.6) is 0 Å². The van der Waals surface area contributed by atoms with Crippen LogP contribution in [-0.2, 0) is 6.54 Å². The summed E-state index contributed by atoms with van der Waals surface area (Å²) >= 11 is 0. The fraction of sp³-hybridized carbons (Fsp3) is 0.0455. The van der Waals surface area contributed by atoms with E-state index in [1.807, 2.05) is 40.9 Å². The van der Waals surface area contributed by atoms with Crippen molar-refractivity contribution in [2.75, 3.05) is 0 Å². The molecule has 136 valence electrons. The van der Waals surface area contributed by atoms with Gasteiger partial charge >= 0.3 is 0 Å². The number of aromatic nitrogens is 4. The van der Waals surface area contributed by atoms with E-state index in [0.717, 1.165) is 16.9 Å². The van der Waals surface area contributed by atoms with Crippen molar-refractivity contribution in [3.05, 3.63) is 101 Å². The van der Waals surface area contributed by atoms with E-state index in [-0.39, 0.29) is 17.9 Å².